The van der Waals surface area contributed by atoms with E-state index in [4.69, 9.17) is 4.57 Å². The van der Waals surface area contributed by atoms with Crippen LogP contribution in [0.3, 0.4) is 0 Å². The average Bonchev–Trinajstić information content (AvgIpc) is 0.722. The van der Waals surface area contributed by atoms with Gasteiger partial charge in [-0.3, -0.25) is 0 Å². The van der Waals surface area contributed by atoms with Crippen LogP contribution in [0.2, 0.25) is 0 Å². The number of rotatable bonds is 0. The lowest BCUT2D eigenvalue weighted by Gasteiger charge is -1.68. The van der Waals surface area contributed by atoms with Crippen LogP contribution in [0.1, 0.15) is 1.43 Å². The standard InChI is InChI=1S/F3OP.FH/c1-5(2,3)4;/h;1H. The topological polar surface area (TPSA) is 17.1 Å². The number of halogens is 4. The predicted molar refractivity (Wildman–Crippen MR) is 12.0 cm³/mol. The van der Waals surface area contributed by atoms with Crippen molar-refractivity contribution < 1.29 is 23.3 Å². The van der Waals surface area contributed by atoms with Crippen molar-refractivity contribution in [1.29, 1.82) is 0 Å². The van der Waals surface area contributed by atoms with E-state index in [1.807, 2.05) is 0 Å². The molecule has 0 unspecified atom stereocenters. The minimum Gasteiger partial charge on any atom is -1.00 e. The largest absolute Gasteiger partial charge is 1.00 e. The fourth-order valence-electron chi connectivity index (χ4n) is 0. The molecular weight excluding hydrogens is 123 g/mol. The van der Waals surface area contributed by atoms with Crippen molar-refractivity contribution in [2.45, 2.75) is 0 Å². The summed E-state index contributed by atoms with van der Waals surface area (Å²) in [5.41, 5.74) is 0. The van der Waals surface area contributed by atoms with E-state index >= 15 is 0 Å². The van der Waals surface area contributed by atoms with Crippen LogP contribution in [-0.4, -0.2) is 0 Å². The first-order valence-corrected chi connectivity index (χ1v) is 2.07. The minimum absolute atomic E-state index is 0. The smallest absolute Gasteiger partial charge is 1.00 e. The maximum atomic E-state index is 9.91. The van der Waals surface area contributed by atoms with Gasteiger partial charge < -0.3 is 4.70 Å². The molecule has 0 radical (unpaired) electrons. The first-order valence-electron chi connectivity index (χ1n) is 0.690. The van der Waals surface area contributed by atoms with Gasteiger partial charge in [-0.05, 0) is 0 Å². The third-order valence-corrected chi connectivity index (χ3v) is 0. The summed E-state index contributed by atoms with van der Waals surface area (Å²) in [5, 5.41) is 0. The van der Waals surface area contributed by atoms with E-state index in [9.17, 15) is 12.6 Å². The molecule has 6 heteroatoms. The van der Waals surface area contributed by atoms with E-state index in [0.29, 0.717) is 0 Å². The summed E-state index contributed by atoms with van der Waals surface area (Å²) in [5.74, 6) is 0. The van der Waals surface area contributed by atoms with Crippen LogP contribution in [0.15, 0.2) is 0 Å². The van der Waals surface area contributed by atoms with Gasteiger partial charge >= 0.3 is 9.50 Å². The molecule has 0 aromatic rings. The predicted octanol–water partition coefficient (Wildman–Crippen LogP) is -0.881. The highest BCUT2D eigenvalue weighted by Gasteiger charge is 2.13. The first kappa shape index (κ1) is 9.34. The van der Waals surface area contributed by atoms with Crippen LogP contribution in [-0.2, 0) is 4.57 Å². The first-order chi connectivity index (χ1) is 2.00. The van der Waals surface area contributed by atoms with Gasteiger partial charge in [0.15, 0.2) is 0 Å². The highest BCUT2D eigenvalue weighted by Crippen LogP contribution is 2.50. The molecule has 0 aliphatic carbocycles. The maximum absolute atomic E-state index is 9.91. The van der Waals surface area contributed by atoms with Crippen molar-refractivity contribution in [2.75, 3.05) is 0 Å². The molecule has 6 heavy (non-hydrogen) atoms. The van der Waals surface area contributed by atoms with Crippen molar-refractivity contribution in [3.05, 3.63) is 0 Å². The van der Waals surface area contributed by atoms with Gasteiger partial charge in [0.25, 0.3) is 0 Å². The Bertz CT molecular complexity index is 57.8. The normalized spacial score (nSPS) is 9.83. The van der Waals surface area contributed by atoms with Crippen molar-refractivity contribution in [2.24, 2.45) is 0 Å². The molecule has 0 fully saturated rings. The lowest BCUT2D eigenvalue weighted by Crippen LogP contribution is -3.00. The van der Waals surface area contributed by atoms with Crippen molar-refractivity contribution >= 4 is 8.07 Å². The molecule has 1 nitrogen and oxygen atoms in total. The summed E-state index contributed by atoms with van der Waals surface area (Å²) >= 11 is 0. The average molecular weight is 124 g/mol. The third kappa shape index (κ3) is 13700. The molecule has 0 aromatic heterocycles. The van der Waals surface area contributed by atoms with Crippen molar-refractivity contribution in [3.8, 4) is 0 Å². The maximum Gasteiger partial charge on any atom is 1.00 e. The summed E-state index contributed by atoms with van der Waals surface area (Å²) in [6, 6.07) is 0. The molecule has 0 N–H and O–H groups in total. The quantitative estimate of drug-likeness (QED) is 0.302. The Labute approximate surface area is 32.7 Å². The molecule has 0 amide bonds. The third-order valence-electron chi connectivity index (χ3n) is 0. The SMILES string of the molecule is O=P(F)(F)F.[F-].[H+]. The molecule has 0 saturated heterocycles. The van der Waals surface area contributed by atoms with E-state index in [-0.39, 0.29) is 6.13 Å². The zero-order valence-electron chi connectivity index (χ0n) is 3.37. The molecule has 0 heterocycles. The van der Waals surface area contributed by atoms with Gasteiger partial charge in [-0.25, -0.2) is 4.57 Å². The van der Waals surface area contributed by atoms with Gasteiger partial charge in [-0.1, -0.05) is 0 Å². The van der Waals surface area contributed by atoms with Gasteiger partial charge in [0, 0.05) is 0 Å². The summed E-state index contributed by atoms with van der Waals surface area (Å²) in [6.45, 7) is 0. The zero-order chi connectivity index (χ0) is 4.50. The lowest BCUT2D eigenvalue weighted by molar-refractivity contribution is -0.00000628. The van der Waals surface area contributed by atoms with Gasteiger partial charge in [0.2, 0.25) is 0 Å². The number of hydrogen-bond donors (Lipinski definition) is 0. The van der Waals surface area contributed by atoms with Crippen LogP contribution in [0.4, 0.5) is 12.6 Å². The monoisotopic (exact) mass is 124 g/mol. The van der Waals surface area contributed by atoms with E-state index in [1.54, 1.807) is 0 Å². The minimum atomic E-state index is -6.14. The highest BCUT2D eigenvalue weighted by molar-refractivity contribution is 7.47. The molecule has 0 aliphatic heterocycles. The Morgan fingerprint density at radius 2 is 1.33 bits per heavy atom. The van der Waals surface area contributed by atoms with Crippen molar-refractivity contribution in [3.63, 3.8) is 0 Å². The van der Waals surface area contributed by atoms with E-state index in [2.05, 4.69) is 0 Å². The fourth-order valence-corrected chi connectivity index (χ4v) is 0. The highest BCUT2D eigenvalue weighted by atomic mass is 31.3. The zero-order valence-corrected chi connectivity index (χ0v) is 3.26. The van der Waals surface area contributed by atoms with Gasteiger partial charge in [-0.15, -0.1) is 12.6 Å². The number of hydrogen-bond acceptors (Lipinski definition) is 1. The van der Waals surface area contributed by atoms with Crippen LogP contribution < -0.4 is 4.70 Å². The molecule has 0 rings (SSSR count). The summed E-state index contributed by atoms with van der Waals surface area (Å²) in [6.07, 6.45) is 0. The Kier molecular flexibility index (Phi) is 3.40. The Balaban J connectivity index is -0.0000000800. The van der Waals surface area contributed by atoms with Crippen molar-refractivity contribution in [1.82, 2.24) is 0 Å². The van der Waals surface area contributed by atoms with E-state index < -0.39 is 8.07 Å². The molecule has 0 aromatic carbocycles. The summed E-state index contributed by atoms with van der Waals surface area (Å²) < 4.78 is 37.9. The molecule has 0 spiro atoms. The van der Waals surface area contributed by atoms with Crippen LogP contribution >= 0.6 is 8.07 Å². The summed E-state index contributed by atoms with van der Waals surface area (Å²) in [7, 11) is -6.14. The Morgan fingerprint density at radius 3 is 1.33 bits per heavy atom. The van der Waals surface area contributed by atoms with Crippen LogP contribution in [0, 0.1) is 0 Å². The van der Waals surface area contributed by atoms with E-state index in [1.165, 1.54) is 0 Å². The van der Waals surface area contributed by atoms with Crippen LogP contribution in [0.25, 0.3) is 0 Å². The second kappa shape index (κ2) is 2.18. The fraction of sp³-hybridized carbons (Fsp3) is 0. The van der Waals surface area contributed by atoms with Crippen LogP contribution in [0.5, 0.6) is 0 Å². The molecule has 0 atom stereocenters. The Morgan fingerprint density at radius 1 is 1.33 bits per heavy atom. The van der Waals surface area contributed by atoms with E-state index in [0.717, 1.165) is 0 Å². The van der Waals surface area contributed by atoms with Gasteiger partial charge in [-0.2, -0.15) is 0 Å². The second-order valence-electron chi connectivity index (χ2n) is 0.399. The van der Waals surface area contributed by atoms with Gasteiger partial charge in [0.1, 0.15) is 0 Å². The molecular formula is HF4OP. The molecule has 0 bridgehead atoms. The second-order valence-corrected chi connectivity index (χ2v) is 1.20. The Hall–Kier alpha value is -0.0500. The van der Waals surface area contributed by atoms with Gasteiger partial charge in [0.05, 0.1) is 0 Å². The summed E-state index contributed by atoms with van der Waals surface area (Å²) in [4.78, 5) is 0. The molecule has 0 aliphatic rings. The lowest BCUT2D eigenvalue weighted by atomic mass is 16.0. The molecule has 40 valence electrons. The molecule has 0 saturated carbocycles.